The Morgan fingerprint density at radius 2 is 2.17 bits per heavy atom. The summed E-state index contributed by atoms with van der Waals surface area (Å²) in [6.07, 6.45) is 0. The van der Waals surface area contributed by atoms with E-state index in [1.165, 1.54) is 12.1 Å². The number of hydrogen-bond donors (Lipinski definition) is 1. The zero-order valence-electron chi connectivity index (χ0n) is 13.2. The summed E-state index contributed by atoms with van der Waals surface area (Å²) in [7, 11) is 0. The molecule has 0 aromatic heterocycles. The number of halogens is 1. The molecule has 1 amide bonds. The number of benzene rings is 2. The number of amides is 1. The van der Waals surface area contributed by atoms with Gasteiger partial charge in [-0.1, -0.05) is 41.7 Å². The third-order valence-corrected chi connectivity index (χ3v) is 5.91. The van der Waals surface area contributed by atoms with E-state index < -0.39 is 0 Å². The Bertz CT molecular complexity index is 792. The molecule has 3 rings (SSSR count). The molecule has 24 heavy (non-hydrogen) atoms. The first-order chi connectivity index (χ1) is 11.6. The van der Waals surface area contributed by atoms with Crippen molar-refractivity contribution in [1.82, 2.24) is 0 Å². The monoisotopic (exact) mass is 360 g/mol. The highest BCUT2D eigenvalue weighted by Gasteiger charge is 2.14. The van der Waals surface area contributed by atoms with Crippen molar-refractivity contribution in [2.24, 2.45) is 4.99 Å². The maximum Gasteiger partial charge on any atom is 0.255 e. The molecular weight excluding hydrogens is 343 g/mol. The smallest absolute Gasteiger partial charge is 0.255 e. The summed E-state index contributed by atoms with van der Waals surface area (Å²) in [5, 5.41) is 2.87. The zero-order chi connectivity index (χ0) is 16.9. The number of thioether (sulfide) groups is 2. The standard InChI is InChI=1S/C18H17FN2OS2/c1-12-10-14(19)6-7-16(12)21-17(22)15-5-3-2-4-13(15)11-24-18-20-8-9-23-18/h2-7,10H,8-9,11H2,1H3,(H,21,22). The van der Waals surface area contributed by atoms with E-state index in [9.17, 15) is 9.18 Å². The van der Waals surface area contributed by atoms with Crippen LogP contribution in [0.2, 0.25) is 0 Å². The second-order valence-corrected chi connectivity index (χ2v) is 7.66. The van der Waals surface area contributed by atoms with Crippen molar-refractivity contribution >= 4 is 39.5 Å². The van der Waals surface area contributed by atoms with Crippen molar-refractivity contribution in [3.05, 3.63) is 65.0 Å². The Morgan fingerprint density at radius 1 is 1.33 bits per heavy atom. The summed E-state index contributed by atoms with van der Waals surface area (Å²) in [6.45, 7) is 2.65. The van der Waals surface area contributed by atoms with Gasteiger partial charge < -0.3 is 5.32 Å². The number of aliphatic imine (C=N–C) groups is 1. The molecule has 0 bridgehead atoms. The molecule has 0 fully saturated rings. The molecule has 0 saturated carbocycles. The number of hydrogen-bond acceptors (Lipinski definition) is 4. The van der Waals surface area contributed by atoms with E-state index in [1.54, 1.807) is 36.5 Å². The second-order valence-electron chi connectivity index (χ2n) is 5.36. The van der Waals surface area contributed by atoms with Gasteiger partial charge >= 0.3 is 0 Å². The molecule has 0 saturated heterocycles. The van der Waals surface area contributed by atoms with Crippen LogP contribution >= 0.6 is 23.5 Å². The zero-order valence-corrected chi connectivity index (χ0v) is 14.8. The normalized spacial score (nSPS) is 13.7. The van der Waals surface area contributed by atoms with Crippen LogP contribution in [-0.2, 0) is 5.75 Å². The molecule has 124 valence electrons. The minimum Gasteiger partial charge on any atom is -0.322 e. The van der Waals surface area contributed by atoms with Crippen LogP contribution in [0.5, 0.6) is 0 Å². The third-order valence-electron chi connectivity index (χ3n) is 3.61. The molecule has 1 heterocycles. The van der Waals surface area contributed by atoms with Crippen LogP contribution in [0, 0.1) is 12.7 Å². The van der Waals surface area contributed by atoms with Crippen molar-refractivity contribution < 1.29 is 9.18 Å². The van der Waals surface area contributed by atoms with Crippen LogP contribution < -0.4 is 5.32 Å². The van der Waals surface area contributed by atoms with Crippen LogP contribution in [0.25, 0.3) is 0 Å². The van der Waals surface area contributed by atoms with Gasteiger partial charge in [0.05, 0.1) is 6.54 Å². The molecule has 0 atom stereocenters. The molecule has 0 unspecified atom stereocenters. The molecule has 0 radical (unpaired) electrons. The van der Waals surface area contributed by atoms with E-state index in [0.717, 1.165) is 22.2 Å². The summed E-state index contributed by atoms with van der Waals surface area (Å²) in [5.74, 6) is 1.26. The van der Waals surface area contributed by atoms with Crippen molar-refractivity contribution in [2.45, 2.75) is 12.7 Å². The van der Waals surface area contributed by atoms with Gasteiger partial charge in [0.2, 0.25) is 0 Å². The molecule has 3 nitrogen and oxygen atoms in total. The summed E-state index contributed by atoms with van der Waals surface area (Å²) in [6, 6.07) is 11.9. The lowest BCUT2D eigenvalue weighted by Crippen LogP contribution is -2.15. The Kier molecular flexibility index (Phi) is 5.58. The number of carbonyl (C=O) groups excluding carboxylic acids is 1. The Balaban J connectivity index is 1.74. The largest absolute Gasteiger partial charge is 0.322 e. The minimum atomic E-state index is -0.308. The van der Waals surface area contributed by atoms with Gasteiger partial charge in [-0.25, -0.2) is 4.39 Å². The van der Waals surface area contributed by atoms with Gasteiger partial charge in [-0.15, -0.1) is 0 Å². The summed E-state index contributed by atoms with van der Waals surface area (Å²) >= 11 is 3.42. The number of rotatable bonds is 4. The van der Waals surface area contributed by atoms with E-state index in [4.69, 9.17) is 0 Å². The first kappa shape index (κ1) is 17.0. The molecule has 6 heteroatoms. The van der Waals surface area contributed by atoms with Crippen LogP contribution in [0.3, 0.4) is 0 Å². The fourth-order valence-electron chi connectivity index (χ4n) is 2.37. The molecule has 0 spiro atoms. The lowest BCUT2D eigenvalue weighted by molar-refractivity contribution is 0.102. The van der Waals surface area contributed by atoms with Gasteiger partial charge in [0.1, 0.15) is 10.2 Å². The van der Waals surface area contributed by atoms with Crippen LogP contribution in [0.4, 0.5) is 10.1 Å². The number of carbonyl (C=O) groups is 1. The topological polar surface area (TPSA) is 41.5 Å². The van der Waals surface area contributed by atoms with E-state index in [1.807, 2.05) is 24.3 Å². The van der Waals surface area contributed by atoms with Gasteiger partial charge in [-0.3, -0.25) is 9.79 Å². The van der Waals surface area contributed by atoms with Crippen LogP contribution in [-0.4, -0.2) is 22.6 Å². The molecule has 2 aromatic carbocycles. The first-order valence-electron chi connectivity index (χ1n) is 7.59. The summed E-state index contributed by atoms with van der Waals surface area (Å²) in [5.41, 5.74) is 2.93. The molecule has 1 N–H and O–H groups in total. The van der Waals surface area contributed by atoms with Crippen molar-refractivity contribution in [3.63, 3.8) is 0 Å². The van der Waals surface area contributed by atoms with E-state index >= 15 is 0 Å². The van der Waals surface area contributed by atoms with Gasteiger partial charge in [0, 0.05) is 22.8 Å². The summed E-state index contributed by atoms with van der Waals surface area (Å²) in [4.78, 5) is 17.0. The van der Waals surface area contributed by atoms with Gasteiger partial charge in [-0.2, -0.15) is 0 Å². The fourth-order valence-corrected chi connectivity index (χ4v) is 4.38. The van der Waals surface area contributed by atoms with E-state index in [0.29, 0.717) is 22.6 Å². The number of anilines is 1. The van der Waals surface area contributed by atoms with E-state index in [2.05, 4.69) is 10.3 Å². The highest BCUT2D eigenvalue weighted by Crippen LogP contribution is 2.27. The average molecular weight is 360 g/mol. The maximum absolute atomic E-state index is 13.2. The van der Waals surface area contributed by atoms with Crippen molar-refractivity contribution in [2.75, 3.05) is 17.6 Å². The van der Waals surface area contributed by atoms with Gasteiger partial charge in [-0.05, 0) is 42.3 Å². The lowest BCUT2D eigenvalue weighted by Gasteiger charge is -2.11. The minimum absolute atomic E-state index is 0.179. The van der Waals surface area contributed by atoms with Crippen molar-refractivity contribution in [3.8, 4) is 0 Å². The van der Waals surface area contributed by atoms with Crippen molar-refractivity contribution in [1.29, 1.82) is 0 Å². The molecule has 1 aliphatic heterocycles. The highest BCUT2D eigenvalue weighted by atomic mass is 32.2. The lowest BCUT2D eigenvalue weighted by atomic mass is 10.1. The number of aryl methyl sites for hydroxylation is 1. The van der Waals surface area contributed by atoms with E-state index in [-0.39, 0.29) is 11.7 Å². The maximum atomic E-state index is 13.2. The Morgan fingerprint density at radius 3 is 2.92 bits per heavy atom. The Labute approximate surface area is 149 Å². The molecule has 2 aromatic rings. The van der Waals surface area contributed by atoms with Gasteiger partial charge in [0.15, 0.2) is 0 Å². The predicted octanol–water partition coefficient (Wildman–Crippen LogP) is 4.72. The third kappa shape index (κ3) is 4.19. The van der Waals surface area contributed by atoms with Crippen LogP contribution in [0.15, 0.2) is 47.5 Å². The molecular formula is C18H17FN2OS2. The number of nitrogens with zero attached hydrogens (tertiary/aromatic N) is 1. The molecule has 0 aliphatic carbocycles. The number of nitrogens with one attached hydrogen (secondary N) is 1. The first-order valence-corrected chi connectivity index (χ1v) is 9.56. The SMILES string of the molecule is Cc1cc(F)ccc1NC(=O)c1ccccc1CSC1=NCCS1. The molecule has 1 aliphatic rings. The highest BCUT2D eigenvalue weighted by molar-refractivity contribution is 8.38. The average Bonchev–Trinajstić information content (AvgIpc) is 3.09. The Hall–Kier alpha value is -1.79. The van der Waals surface area contributed by atoms with Gasteiger partial charge in [0.25, 0.3) is 5.91 Å². The fraction of sp³-hybridized carbons (Fsp3) is 0.222. The second kappa shape index (κ2) is 7.85. The predicted molar refractivity (Wildman–Crippen MR) is 102 cm³/mol. The van der Waals surface area contributed by atoms with Crippen LogP contribution in [0.1, 0.15) is 21.5 Å². The quantitative estimate of drug-likeness (QED) is 0.857. The summed E-state index contributed by atoms with van der Waals surface area (Å²) < 4.78 is 14.3.